The van der Waals surface area contributed by atoms with Gasteiger partial charge in [0.05, 0.1) is 0 Å². The molecule has 0 aromatic heterocycles. The third kappa shape index (κ3) is 8.18. The van der Waals surface area contributed by atoms with Gasteiger partial charge in [-0.05, 0) is 69.9 Å². The van der Waals surface area contributed by atoms with Crippen molar-refractivity contribution >= 4 is 23.6 Å². The van der Waals surface area contributed by atoms with Crippen molar-refractivity contribution in [1.29, 1.82) is 0 Å². The number of likely N-dealkylation sites (N-methyl/N-ethyl adjacent to an activating group) is 1. The van der Waals surface area contributed by atoms with E-state index in [2.05, 4.69) is 10.6 Å². The van der Waals surface area contributed by atoms with Gasteiger partial charge in [0.1, 0.15) is 17.7 Å². The van der Waals surface area contributed by atoms with Crippen LogP contribution in [0.2, 0.25) is 0 Å². The second kappa shape index (κ2) is 13.1. The number of aryl methyl sites for hydroxylation is 2. The van der Waals surface area contributed by atoms with Crippen molar-refractivity contribution in [1.82, 2.24) is 10.2 Å². The van der Waals surface area contributed by atoms with Crippen LogP contribution in [0, 0.1) is 13.8 Å². The van der Waals surface area contributed by atoms with Crippen molar-refractivity contribution in [2.24, 2.45) is 0 Å². The van der Waals surface area contributed by atoms with E-state index in [1.807, 2.05) is 99.6 Å². The van der Waals surface area contributed by atoms with Crippen LogP contribution in [0.15, 0.2) is 78.9 Å². The summed E-state index contributed by atoms with van der Waals surface area (Å²) in [5.74, 6) is -0.704. The number of hydrogen-bond donors (Lipinski definition) is 2. The molecule has 0 bridgehead atoms. The fourth-order valence-corrected chi connectivity index (χ4v) is 4.42. The Hall–Kier alpha value is -4.13. The normalized spacial score (nSPS) is 12.7. The second-order valence-electron chi connectivity index (χ2n) is 10.6. The van der Waals surface area contributed by atoms with Crippen molar-refractivity contribution in [2.75, 3.05) is 11.9 Å². The number of anilines is 1. The van der Waals surface area contributed by atoms with Crippen LogP contribution in [0.5, 0.6) is 0 Å². The number of hydrogen-bond acceptors (Lipinski definition) is 4. The van der Waals surface area contributed by atoms with Crippen molar-refractivity contribution in [3.63, 3.8) is 0 Å². The number of carbonyl (C=O) groups excluding carboxylic acids is 3. The highest BCUT2D eigenvalue weighted by molar-refractivity contribution is 5.99. The van der Waals surface area contributed by atoms with Crippen molar-refractivity contribution < 1.29 is 19.1 Å². The van der Waals surface area contributed by atoms with Crippen LogP contribution < -0.4 is 10.6 Å². The Labute approximate surface area is 231 Å². The third-order valence-corrected chi connectivity index (χ3v) is 6.34. The SMILES string of the molecule is CCN(C(=O)C(Cc1ccccc1)NC(=O)OC(C)(C)C)C(C(=O)Nc1ccccc1C)c1ccccc1C. The van der Waals surface area contributed by atoms with Gasteiger partial charge in [0.2, 0.25) is 5.91 Å². The predicted molar refractivity (Wildman–Crippen MR) is 154 cm³/mol. The van der Waals surface area contributed by atoms with Gasteiger partial charge in [0.15, 0.2) is 0 Å². The summed E-state index contributed by atoms with van der Waals surface area (Å²) in [5, 5.41) is 5.79. The van der Waals surface area contributed by atoms with Gasteiger partial charge in [0, 0.05) is 18.7 Å². The molecule has 39 heavy (non-hydrogen) atoms. The summed E-state index contributed by atoms with van der Waals surface area (Å²) in [6, 6.07) is 22.6. The minimum atomic E-state index is -0.944. The molecule has 0 saturated heterocycles. The Kier molecular flexibility index (Phi) is 9.88. The molecule has 3 rings (SSSR count). The summed E-state index contributed by atoms with van der Waals surface area (Å²) in [4.78, 5) is 42.4. The summed E-state index contributed by atoms with van der Waals surface area (Å²) in [6.45, 7) is 11.2. The molecule has 0 fully saturated rings. The van der Waals surface area contributed by atoms with Crippen LogP contribution in [0.1, 0.15) is 56.0 Å². The quantitative estimate of drug-likeness (QED) is 0.358. The smallest absolute Gasteiger partial charge is 0.408 e. The lowest BCUT2D eigenvalue weighted by atomic mass is 9.97. The Morgan fingerprint density at radius 2 is 1.44 bits per heavy atom. The van der Waals surface area contributed by atoms with Crippen molar-refractivity contribution in [3.05, 3.63) is 101 Å². The Bertz CT molecular complexity index is 1280. The fourth-order valence-electron chi connectivity index (χ4n) is 4.42. The number of rotatable bonds is 9. The zero-order valence-electron chi connectivity index (χ0n) is 23.7. The molecule has 3 aromatic carbocycles. The van der Waals surface area contributed by atoms with Gasteiger partial charge in [-0.25, -0.2) is 4.79 Å². The molecule has 0 saturated carbocycles. The van der Waals surface area contributed by atoms with E-state index in [1.165, 1.54) is 4.90 Å². The molecule has 2 atom stereocenters. The van der Waals surface area contributed by atoms with E-state index in [1.54, 1.807) is 20.8 Å². The molecule has 0 aliphatic rings. The van der Waals surface area contributed by atoms with Gasteiger partial charge in [-0.3, -0.25) is 9.59 Å². The maximum Gasteiger partial charge on any atom is 0.408 e. The maximum atomic E-state index is 14.2. The van der Waals surface area contributed by atoms with Gasteiger partial charge >= 0.3 is 6.09 Å². The van der Waals surface area contributed by atoms with Gasteiger partial charge in [-0.2, -0.15) is 0 Å². The average molecular weight is 530 g/mol. The molecule has 0 aliphatic carbocycles. The summed E-state index contributed by atoms with van der Waals surface area (Å²) in [6.07, 6.45) is -0.445. The predicted octanol–water partition coefficient (Wildman–Crippen LogP) is 5.97. The molecule has 0 radical (unpaired) electrons. The molecule has 3 aromatic rings. The molecule has 0 aliphatic heterocycles. The van der Waals surface area contributed by atoms with Gasteiger partial charge < -0.3 is 20.3 Å². The van der Waals surface area contributed by atoms with E-state index in [9.17, 15) is 14.4 Å². The topological polar surface area (TPSA) is 87.7 Å². The summed E-state index contributed by atoms with van der Waals surface area (Å²) < 4.78 is 5.47. The Morgan fingerprint density at radius 3 is 2.03 bits per heavy atom. The fraction of sp³-hybridized carbons (Fsp3) is 0.344. The van der Waals surface area contributed by atoms with Crippen LogP contribution in [-0.4, -0.2) is 41.0 Å². The zero-order valence-corrected chi connectivity index (χ0v) is 23.7. The second-order valence-corrected chi connectivity index (χ2v) is 10.6. The number of para-hydroxylation sites is 1. The maximum absolute atomic E-state index is 14.2. The van der Waals surface area contributed by atoms with Gasteiger partial charge in [-0.1, -0.05) is 72.8 Å². The first-order valence-electron chi connectivity index (χ1n) is 13.3. The van der Waals surface area contributed by atoms with Crippen LogP contribution in [0.25, 0.3) is 0 Å². The highest BCUT2D eigenvalue weighted by atomic mass is 16.6. The minimum absolute atomic E-state index is 0.245. The van der Waals surface area contributed by atoms with E-state index < -0.39 is 23.8 Å². The van der Waals surface area contributed by atoms with Gasteiger partial charge in [-0.15, -0.1) is 0 Å². The molecule has 0 spiro atoms. The number of ether oxygens (including phenoxy) is 1. The third-order valence-electron chi connectivity index (χ3n) is 6.34. The minimum Gasteiger partial charge on any atom is -0.444 e. The molecule has 0 heterocycles. The lowest BCUT2D eigenvalue weighted by molar-refractivity contribution is -0.140. The van der Waals surface area contributed by atoms with Crippen LogP contribution in [-0.2, 0) is 20.7 Å². The number of alkyl carbamates (subject to hydrolysis) is 1. The lowest BCUT2D eigenvalue weighted by Crippen LogP contribution is -2.53. The zero-order chi connectivity index (χ0) is 28.6. The lowest BCUT2D eigenvalue weighted by Gasteiger charge is -2.34. The first-order chi connectivity index (χ1) is 18.5. The molecule has 2 N–H and O–H groups in total. The molecular formula is C32H39N3O4. The molecular weight excluding hydrogens is 490 g/mol. The van der Waals surface area contributed by atoms with Gasteiger partial charge in [0.25, 0.3) is 5.91 Å². The van der Waals surface area contributed by atoms with E-state index in [0.717, 1.165) is 22.3 Å². The summed E-state index contributed by atoms with van der Waals surface area (Å²) in [7, 11) is 0. The highest BCUT2D eigenvalue weighted by Crippen LogP contribution is 2.28. The number of carbonyl (C=O) groups is 3. The number of benzene rings is 3. The first-order valence-corrected chi connectivity index (χ1v) is 13.3. The van der Waals surface area contributed by atoms with E-state index in [0.29, 0.717) is 5.69 Å². The number of nitrogens with one attached hydrogen (secondary N) is 2. The summed E-state index contributed by atoms with van der Waals surface area (Å²) >= 11 is 0. The highest BCUT2D eigenvalue weighted by Gasteiger charge is 2.36. The first kappa shape index (κ1) is 29.4. The molecule has 7 heteroatoms. The monoisotopic (exact) mass is 529 g/mol. The average Bonchev–Trinajstić information content (AvgIpc) is 2.88. The summed E-state index contributed by atoms with van der Waals surface area (Å²) in [5.41, 5.74) is 3.34. The van der Waals surface area contributed by atoms with Crippen LogP contribution in [0.4, 0.5) is 10.5 Å². The van der Waals surface area contributed by atoms with Crippen LogP contribution in [0.3, 0.4) is 0 Å². The Morgan fingerprint density at radius 1 is 0.846 bits per heavy atom. The van der Waals surface area contributed by atoms with E-state index in [-0.39, 0.29) is 24.8 Å². The van der Waals surface area contributed by atoms with E-state index in [4.69, 9.17) is 4.74 Å². The molecule has 3 amide bonds. The molecule has 7 nitrogen and oxygen atoms in total. The van der Waals surface area contributed by atoms with Crippen LogP contribution >= 0.6 is 0 Å². The largest absolute Gasteiger partial charge is 0.444 e. The number of amides is 3. The number of nitrogens with zero attached hydrogens (tertiary/aromatic N) is 1. The standard InChI is InChI=1S/C32H39N3O4/c1-7-35(30(37)27(21-24-17-9-8-10-18-24)34-31(38)39-32(4,5)6)28(25-19-13-11-15-22(25)2)29(36)33-26-20-14-12-16-23(26)3/h8-20,27-28H,7,21H2,1-6H3,(H,33,36)(H,34,38). The molecule has 2 unspecified atom stereocenters. The van der Waals surface area contributed by atoms with E-state index >= 15 is 0 Å². The van der Waals surface area contributed by atoms with Crippen molar-refractivity contribution in [2.45, 2.75) is 65.6 Å². The Balaban J connectivity index is 2.01. The molecule has 206 valence electrons. The van der Waals surface area contributed by atoms with Crippen molar-refractivity contribution in [3.8, 4) is 0 Å².